The SMILES string of the molecule is Cc1ccccc1CC(C)NC(=O)c1cc(N)c(C)s1. The molecule has 3 nitrogen and oxygen atoms in total. The van der Waals surface area contributed by atoms with Crippen molar-refractivity contribution in [1.82, 2.24) is 5.32 Å². The van der Waals surface area contributed by atoms with Gasteiger partial charge in [0.25, 0.3) is 5.91 Å². The normalized spacial score (nSPS) is 12.2. The number of rotatable bonds is 4. The minimum absolute atomic E-state index is 0.0455. The predicted octanol–water partition coefficient (Wildman–Crippen LogP) is 3.31. The highest BCUT2D eigenvalue weighted by Crippen LogP contribution is 2.23. The zero-order valence-electron chi connectivity index (χ0n) is 12.1. The van der Waals surface area contributed by atoms with Crippen LogP contribution in [0.5, 0.6) is 0 Å². The van der Waals surface area contributed by atoms with Gasteiger partial charge >= 0.3 is 0 Å². The number of thiophene rings is 1. The summed E-state index contributed by atoms with van der Waals surface area (Å²) >= 11 is 1.44. The van der Waals surface area contributed by atoms with Gasteiger partial charge in [0.15, 0.2) is 0 Å². The van der Waals surface area contributed by atoms with E-state index in [1.165, 1.54) is 22.5 Å². The third kappa shape index (κ3) is 3.39. The van der Waals surface area contributed by atoms with E-state index in [0.29, 0.717) is 10.6 Å². The van der Waals surface area contributed by atoms with Gasteiger partial charge in [-0.25, -0.2) is 0 Å². The number of amides is 1. The van der Waals surface area contributed by atoms with Gasteiger partial charge in [0.2, 0.25) is 0 Å². The van der Waals surface area contributed by atoms with Crippen LogP contribution < -0.4 is 11.1 Å². The lowest BCUT2D eigenvalue weighted by Gasteiger charge is -2.14. The molecule has 1 aromatic carbocycles. The maximum atomic E-state index is 12.1. The van der Waals surface area contributed by atoms with Crippen molar-refractivity contribution in [3.63, 3.8) is 0 Å². The van der Waals surface area contributed by atoms with E-state index in [1.54, 1.807) is 6.07 Å². The van der Waals surface area contributed by atoms with Crippen LogP contribution in [-0.2, 0) is 6.42 Å². The molecule has 1 unspecified atom stereocenters. The lowest BCUT2D eigenvalue weighted by molar-refractivity contribution is 0.0944. The number of anilines is 1. The van der Waals surface area contributed by atoms with Crippen LogP contribution >= 0.6 is 11.3 Å². The fourth-order valence-corrected chi connectivity index (χ4v) is 2.97. The molecule has 2 aromatic rings. The van der Waals surface area contributed by atoms with Gasteiger partial charge in [-0.05, 0) is 44.4 Å². The average Bonchev–Trinajstić information content (AvgIpc) is 2.72. The topological polar surface area (TPSA) is 55.1 Å². The molecule has 1 aromatic heterocycles. The molecule has 4 heteroatoms. The van der Waals surface area contributed by atoms with Crippen molar-refractivity contribution in [2.45, 2.75) is 33.2 Å². The first-order chi connectivity index (χ1) is 9.47. The van der Waals surface area contributed by atoms with Gasteiger partial charge in [0, 0.05) is 16.6 Å². The molecule has 2 rings (SSSR count). The Morgan fingerprint density at radius 1 is 1.35 bits per heavy atom. The first-order valence-electron chi connectivity index (χ1n) is 6.68. The van der Waals surface area contributed by atoms with Gasteiger partial charge in [-0.2, -0.15) is 0 Å². The number of aryl methyl sites for hydroxylation is 2. The van der Waals surface area contributed by atoms with E-state index in [-0.39, 0.29) is 11.9 Å². The molecule has 0 radical (unpaired) electrons. The molecule has 20 heavy (non-hydrogen) atoms. The van der Waals surface area contributed by atoms with Crippen LogP contribution in [-0.4, -0.2) is 11.9 Å². The van der Waals surface area contributed by atoms with Crippen LogP contribution in [0.2, 0.25) is 0 Å². The van der Waals surface area contributed by atoms with Crippen molar-refractivity contribution in [2.24, 2.45) is 0 Å². The average molecular weight is 288 g/mol. The number of nitrogens with two attached hydrogens (primary N) is 1. The lowest BCUT2D eigenvalue weighted by atomic mass is 10.0. The molecule has 0 aliphatic carbocycles. The molecule has 0 aliphatic heterocycles. The fraction of sp³-hybridized carbons (Fsp3) is 0.312. The standard InChI is InChI=1S/C16H20N2OS/c1-10-6-4-5-7-13(10)8-11(2)18-16(19)15-9-14(17)12(3)20-15/h4-7,9,11H,8,17H2,1-3H3,(H,18,19). The highest BCUT2D eigenvalue weighted by molar-refractivity contribution is 7.14. The van der Waals surface area contributed by atoms with Crippen molar-refractivity contribution >= 4 is 22.9 Å². The molecule has 1 atom stereocenters. The highest BCUT2D eigenvalue weighted by Gasteiger charge is 2.14. The number of carbonyl (C=O) groups is 1. The first-order valence-corrected chi connectivity index (χ1v) is 7.50. The fourth-order valence-electron chi connectivity index (χ4n) is 2.12. The number of hydrogen-bond acceptors (Lipinski definition) is 3. The van der Waals surface area contributed by atoms with Crippen LogP contribution in [0.1, 0.15) is 32.6 Å². The summed E-state index contributed by atoms with van der Waals surface area (Å²) in [4.78, 5) is 13.8. The Morgan fingerprint density at radius 2 is 2.05 bits per heavy atom. The molecule has 0 aliphatic rings. The summed E-state index contributed by atoms with van der Waals surface area (Å²) in [6.07, 6.45) is 0.832. The van der Waals surface area contributed by atoms with Gasteiger partial charge in [0.1, 0.15) is 0 Å². The predicted molar refractivity (Wildman–Crippen MR) is 85.3 cm³/mol. The Balaban J connectivity index is 1.99. The smallest absolute Gasteiger partial charge is 0.261 e. The summed E-state index contributed by atoms with van der Waals surface area (Å²) in [6.45, 7) is 6.04. The number of nitrogens with one attached hydrogen (secondary N) is 1. The molecular formula is C16H20N2OS. The quantitative estimate of drug-likeness (QED) is 0.907. The minimum Gasteiger partial charge on any atom is -0.398 e. The Morgan fingerprint density at radius 3 is 2.65 bits per heavy atom. The minimum atomic E-state index is -0.0455. The van der Waals surface area contributed by atoms with Crippen LogP contribution in [0.15, 0.2) is 30.3 Å². The zero-order valence-corrected chi connectivity index (χ0v) is 12.9. The molecular weight excluding hydrogens is 268 g/mol. The molecule has 0 fully saturated rings. The van der Waals surface area contributed by atoms with E-state index in [0.717, 1.165) is 11.3 Å². The van der Waals surface area contributed by atoms with E-state index in [2.05, 4.69) is 24.4 Å². The highest BCUT2D eigenvalue weighted by atomic mass is 32.1. The summed E-state index contributed by atoms with van der Waals surface area (Å²) in [7, 11) is 0. The Hall–Kier alpha value is -1.81. The molecule has 106 valence electrons. The summed E-state index contributed by atoms with van der Waals surface area (Å²) in [6, 6.07) is 10.1. The number of benzene rings is 1. The van der Waals surface area contributed by atoms with E-state index in [4.69, 9.17) is 5.73 Å². The largest absolute Gasteiger partial charge is 0.398 e. The maximum Gasteiger partial charge on any atom is 0.261 e. The van der Waals surface area contributed by atoms with E-state index < -0.39 is 0 Å². The number of hydrogen-bond donors (Lipinski definition) is 2. The van der Waals surface area contributed by atoms with Crippen LogP contribution in [0.25, 0.3) is 0 Å². The first kappa shape index (κ1) is 14.6. The van der Waals surface area contributed by atoms with Gasteiger partial charge in [-0.1, -0.05) is 24.3 Å². The van der Waals surface area contributed by atoms with Gasteiger partial charge in [-0.15, -0.1) is 11.3 Å². The summed E-state index contributed by atoms with van der Waals surface area (Å²) in [5, 5.41) is 3.03. The van der Waals surface area contributed by atoms with E-state index in [1.807, 2.05) is 26.0 Å². The number of nitrogen functional groups attached to an aromatic ring is 1. The van der Waals surface area contributed by atoms with Gasteiger partial charge in [-0.3, -0.25) is 4.79 Å². The summed E-state index contributed by atoms with van der Waals surface area (Å²) < 4.78 is 0. The van der Waals surface area contributed by atoms with Crippen molar-refractivity contribution in [2.75, 3.05) is 5.73 Å². The molecule has 1 heterocycles. The van der Waals surface area contributed by atoms with Crippen LogP contribution in [0.3, 0.4) is 0 Å². The Labute approximate surface area is 123 Å². The lowest BCUT2D eigenvalue weighted by Crippen LogP contribution is -2.33. The van der Waals surface area contributed by atoms with Crippen molar-refractivity contribution < 1.29 is 4.79 Å². The van der Waals surface area contributed by atoms with E-state index in [9.17, 15) is 4.79 Å². The molecule has 3 N–H and O–H groups in total. The molecule has 0 bridgehead atoms. The second kappa shape index (κ2) is 6.09. The Bertz CT molecular complexity index is 599. The molecule has 0 spiro atoms. The third-order valence-electron chi connectivity index (χ3n) is 3.34. The van der Waals surface area contributed by atoms with Crippen LogP contribution in [0, 0.1) is 13.8 Å². The van der Waals surface area contributed by atoms with Crippen LogP contribution in [0.4, 0.5) is 5.69 Å². The zero-order chi connectivity index (χ0) is 14.7. The number of carbonyl (C=O) groups excluding carboxylic acids is 1. The second-order valence-corrected chi connectivity index (χ2v) is 6.38. The summed E-state index contributed by atoms with van der Waals surface area (Å²) in [5.74, 6) is -0.0455. The van der Waals surface area contributed by atoms with Crippen molar-refractivity contribution in [3.8, 4) is 0 Å². The second-order valence-electron chi connectivity index (χ2n) is 5.13. The molecule has 0 saturated carbocycles. The monoisotopic (exact) mass is 288 g/mol. The molecule has 1 amide bonds. The maximum absolute atomic E-state index is 12.1. The Kier molecular flexibility index (Phi) is 4.45. The summed E-state index contributed by atoms with van der Waals surface area (Å²) in [5.41, 5.74) is 8.99. The third-order valence-corrected chi connectivity index (χ3v) is 4.41. The van der Waals surface area contributed by atoms with Crippen molar-refractivity contribution in [1.29, 1.82) is 0 Å². The van der Waals surface area contributed by atoms with Gasteiger partial charge in [0.05, 0.1) is 4.88 Å². The van der Waals surface area contributed by atoms with Crippen molar-refractivity contribution in [3.05, 3.63) is 51.2 Å². The van der Waals surface area contributed by atoms with Gasteiger partial charge < -0.3 is 11.1 Å². The van der Waals surface area contributed by atoms with E-state index >= 15 is 0 Å². The molecule has 0 saturated heterocycles.